The molecule has 89 heavy (non-hydrogen) atoms. The predicted octanol–water partition coefficient (Wildman–Crippen LogP) is 21.5. The van der Waals surface area contributed by atoms with Crippen LogP contribution in [0.25, 0.3) is 48.9 Å². The molecule has 0 radical (unpaired) electrons. The van der Waals surface area contributed by atoms with Crippen LogP contribution in [-0.4, -0.2) is 16.8 Å². The Labute approximate surface area is 534 Å². The first-order valence-corrected chi connectivity index (χ1v) is 33.6. The minimum absolute atomic E-state index is 0.00226. The number of fused-ring (bicyclic) bond motifs is 11. The molecule has 1 aliphatic carbocycles. The predicted molar refractivity (Wildman–Crippen MR) is 386 cm³/mol. The maximum absolute atomic E-state index is 2.86. The smallest absolute Gasteiger partial charge is 0.285 e. The van der Waals surface area contributed by atoms with Crippen LogP contribution in [0.3, 0.4) is 0 Å². The normalized spacial score (nSPS) is 18.1. The molecule has 1 fully saturated rings. The van der Waals surface area contributed by atoms with Crippen molar-refractivity contribution in [3.63, 3.8) is 0 Å². The van der Waals surface area contributed by atoms with E-state index in [1.807, 2.05) is 11.3 Å². The van der Waals surface area contributed by atoms with Gasteiger partial charge >= 0.3 is 0 Å². The number of hydrogen-bond acceptors (Lipinski definition) is 4. The molecule has 2 atom stereocenters. The summed E-state index contributed by atoms with van der Waals surface area (Å²) >= 11 is 2.00. The summed E-state index contributed by atoms with van der Waals surface area (Å²) in [5.74, 6) is 0. The molecule has 446 valence electrons. The fourth-order valence-corrected chi connectivity index (χ4v) is 17.4. The summed E-state index contributed by atoms with van der Waals surface area (Å²) in [6.45, 7) is 35.7. The van der Waals surface area contributed by atoms with Gasteiger partial charge in [-0.05, 0) is 153 Å². The molecule has 15 rings (SSSR count). The molecular weight excluding hydrogens is 1100 g/mol. The fraction of sp³-hybridized carbons (Fsp3) is 0.301. The van der Waals surface area contributed by atoms with E-state index in [1.165, 1.54) is 151 Å². The van der Waals surface area contributed by atoms with Crippen LogP contribution < -0.4 is 30.5 Å². The van der Waals surface area contributed by atoms with E-state index < -0.39 is 0 Å². The lowest BCUT2D eigenvalue weighted by Gasteiger charge is -2.51. The molecule has 3 aliphatic heterocycles. The van der Waals surface area contributed by atoms with Crippen LogP contribution >= 0.6 is 11.3 Å². The lowest BCUT2D eigenvalue weighted by atomic mass is 9.37. The summed E-state index contributed by atoms with van der Waals surface area (Å²) in [5, 5.41) is 2.54. The van der Waals surface area contributed by atoms with Crippen LogP contribution in [0.4, 0.5) is 45.5 Å². The van der Waals surface area contributed by atoms with E-state index >= 15 is 0 Å². The minimum Gasteiger partial charge on any atom is -0.334 e. The van der Waals surface area contributed by atoms with Crippen molar-refractivity contribution in [3.05, 3.63) is 228 Å². The van der Waals surface area contributed by atoms with E-state index in [0.717, 1.165) is 18.5 Å². The molecule has 2 unspecified atom stereocenters. The van der Waals surface area contributed by atoms with Gasteiger partial charge in [-0.15, -0.1) is 11.3 Å². The van der Waals surface area contributed by atoms with Crippen LogP contribution in [0.5, 0.6) is 0 Å². The van der Waals surface area contributed by atoms with E-state index in [1.54, 1.807) is 0 Å². The maximum Gasteiger partial charge on any atom is 0.285 e. The van der Waals surface area contributed by atoms with Gasteiger partial charge in [-0.3, -0.25) is 0 Å². The molecule has 9 aromatic carbocycles. The van der Waals surface area contributed by atoms with Gasteiger partial charge in [0, 0.05) is 76.5 Å². The van der Waals surface area contributed by atoms with Gasteiger partial charge in [-0.2, -0.15) is 0 Å². The van der Waals surface area contributed by atoms with Gasteiger partial charge < -0.3 is 19.3 Å². The average Bonchev–Trinajstić information content (AvgIpc) is 1.59. The van der Waals surface area contributed by atoms with Gasteiger partial charge in [0.05, 0.1) is 28.1 Å². The first kappa shape index (κ1) is 57.4. The SMILES string of the molecule is Cc1ccccc1-n1c2c(c3ccc(C(C)(C)C)cc31)N(c1ccc(C(C)(C)C)cc1)c1cc(N3c4ccc(C(C)(C)C)cc4C4(C)CCCCC34C)cc3c1B2c1sc2ccc(C(C)(C)C)cc2c1N3c1c(-c2ccccc2)cccc1-c1ccccc1. The standard InChI is InChI=1S/C83H85BN4S/c1-52-27-22-23-34-66(52)86-68-49-58(81(11,12)13)37-42-63(68)74-76(86)84-72-69(85(74)59-40-35-55(36-41-59)78(2,3)4)50-60(88-67-43-38-57(80(8,9)10)48-65(67)82(14)45-24-25-46-83(82,88)15)51-70(72)87(75-64-47-56(79(5,6)7)39-44-71(64)89-77(75)84)73-61(53-28-18-16-19-29-53)32-26-33-62(73)54-30-20-17-21-31-54/h16-23,26-44,47-51H,24-25,45-46H2,1-15H3. The quantitative estimate of drug-likeness (QED) is 0.154. The summed E-state index contributed by atoms with van der Waals surface area (Å²) in [4.78, 5) is 8.39. The van der Waals surface area contributed by atoms with Crippen molar-refractivity contribution >= 4 is 100 Å². The monoisotopic (exact) mass is 1180 g/mol. The van der Waals surface area contributed by atoms with Gasteiger partial charge in [-0.25, -0.2) is 0 Å². The summed E-state index contributed by atoms with van der Waals surface area (Å²) in [7, 11) is 0. The second kappa shape index (κ2) is 20.0. The zero-order valence-electron chi connectivity index (χ0n) is 55.1. The first-order chi connectivity index (χ1) is 42.3. The van der Waals surface area contributed by atoms with Gasteiger partial charge in [0.25, 0.3) is 6.71 Å². The number of thiophene rings is 1. The van der Waals surface area contributed by atoms with Crippen LogP contribution in [0.2, 0.25) is 0 Å². The van der Waals surface area contributed by atoms with E-state index in [4.69, 9.17) is 0 Å². The van der Waals surface area contributed by atoms with Crippen molar-refractivity contribution in [3.8, 4) is 27.9 Å². The topological polar surface area (TPSA) is 14.7 Å². The van der Waals surface area contributed by atoms with E-state index in [-0.39, 0.29) is 39.3 Å². The zero-order valence-corrected chi connectivity index (χ0v) is 55.9. The molecule has 4 nitrogen and oxygen atoms in total. The lowest BCUT2D eigenvalue weighted by molar-refractivity contribution is 0.195. The van der Waals surface area contributed by atoms with E-state index in [0.29, 0.717) is 0 Å². The van der Waals surface area contributed by atoms with Gasteiger partial charge in [0.2, 0.25) is 0 Å². The third-order valence-corrected chi connectivity index (χ3v) is 22.5. The Morgan fingerprint density at radius 3 is 1.62 bits per heavy atom. The largest absolute Gasteiger partial charge is 0.334 e. The minimum atomic E-state index is -0.230. The average molecular weight is 1180 g/mol. The summed E-state index contributed by atoms with van der Waals surface area (Å²) in [6, 6.07) is 76.1. The summed E-state index contributed by atoms with van der Waals surface area (Å²) in [6.07, 6.45) is 4.64. The van der Waals surface area contributed by atoms with Crippen molar-refractivity contribution in [1.82, 2.24) is 4.57 Å². The van der Waals surface area contributed by atoms with Crippen molar-refractivity contribution in [2.75, 3.05) is 14.7 Å². The maximum atomic E-state index is 2.86. The number of hydrogen-bond donors (Lipinski definition) is 0. The molecule has 11 aromatic rings. The molecule has 0 amide bonds. The van der Waals surface area contributed by atoms with Gasteiger partial charge in [0.1, 0.15) is 0 Å². The highest BCUT2D eigenvalue weighted by atomic mass is 32.1. The molecule has 0 bridgehead atoms. The Morgan fingerprint density at radius 2 is 0.989 bits per heavy atom. The molecule has 0 saturated heterocycles. The number of anilines is 8. The summed E-state index contributed by atoms with van der Waals surface area (Å²) < 4.78 is 5.37. The Morgan fingerprint density at radius 1 is 0.438 bits per heavy atom. The molecule has 0 spiro atoms. The van der Waals surface area contributed by atoms with Crippen LogP contribution in [-0.2, 0) is 27.1 Å². The Hall–Kier alpha value is -8.06. The molecule has 0 N–H and O–H groups in total. The third-order valence-electron chi connectivity index (χ3n) is 21.3. The van der Waals surface area contributed by atoms with Crippen molar-refractivity contribution in [2.24, 2.45) is 0 Å². The zero-order chi connectivity index (χ0) is 62.1. The number of nitrogens with zero attached hydrogens (tertiary/aromatic N) is 4. The van der Waals surface area contributed by atoms with Gasteiger partial charge in [-0.1, -0.05) is 242 Å². The number of aromatic nitrogens is 1. The summed E-state index contributed by atoms with van der Waals surface area (Å²) in [5.41, 5.74) is 27.3. The highest BCUT2D eigenvalue weighted by Crippen LogP contribution is 2.63. The third kappa shape index (κ3) is 8.72. The molecule has 5 heterocycles. The Bertz CT molecular complexity index is 4600. The second-order valence-electron chi connectivity index (χ2n) is 31.0. The molecule has 4 aliphatic rings. The molecule has 1 saturated carbocycles. The van der Waals surface area contributed by atoms with Crippen LogP contribution in [0, 0.1) is 6.92 Å². The highest BCUT2D eigenvalue weighted by Gasteiger charge is 2.59. The Balaban J connectivity index is 1.17. The lowest BCUT2D eigenvalue weighted by Crippen LogP contribution is -2.62. The van der Waals surface area contributed by atoms with Crippen LogP contribution in [0.15, 0.2) is 194 Å². The van der Waals surface area contributed by atoms with Crippen LogP contribution in [0.1, 0.15) is 156 Å². The highest BCUT2D eigenvalue weighted by molar-refractivity contribution is 7.33. The first-order valence-electron chi connectivity index (χ1n) is 32.7. The Kier molecular flexibility index (Phi) is 12.9. The van der Waals surface area contributed by atoms with Crippen molar-refractivity contribution in [2.45, 2.75) is 162 Å². The number of benzene rings is 9. The number of aryl methyl sites for hydroxylation is 1. The van der Waals surface area contributed by atoms with Gasteiger partial charge in [0.15, 0.2) is 0 Å². The molecule has 6 heteroatoms. The second-order valence-corrected chi connectivity index (χ2v) is 32.1. The molecular formula is C83H85BN4S. The van der Waals surface area contributed by atoms with E-state index in [9.17, 15) is 0 Å². The molecule has 2 aromatic heterocycles. The fourth-order valence-electron chi connectivity index (χ4n) is 16.1. The van der Waals surface area contributed by atoms with Crippen molar-refractivity contribution < 1.29 is 0 Å². The number of para-hydroxylation sites is 2. The van der Waals surface area contributed by atoms with E-state index in [2.05, 4.69) is 317 Å². The number of rotatable bonds is 6. The van der Waals surface area contributed by atoms with Crippen molar-refractivity contribution in [1.29, 1.82) is 0 Å².